The second kappa shape index (κ2) is 9.19. The average Bonchev–Trinajstić information content (AvgIpc) is 3.20. The first kappa shape index (κ1) is 21.4. The van der Waals surface area contributed by atoms with E-state index in [2.05, 4.69) is 27.5 Å². The number of aromatic nitrogens is 4. The SMILES string of the molecule is COc1ccc(-n2nc3nc(NCCc4ccccc4)nc(-c4cccc(F)c4)c3c2N)cc1. The molecule has 0 bridgehead atoms. The quantitative estimate of drug-likeness (QED) is 0.365. The molecule has 0 fully saturated rings. The lowest BCUT2D eigenvalue weighted by molar-refractivity contribution is 0.414. The van der Waals surface area contributed by atoms with Crippen molar-refractivity contribution in [1.29, 1.82) is 0 Å². The Morgan fingerprint density at radius 2 is 1.76 bits per heavy atom. The Morgan fingerprint density at radius 1 is 0.971 bits per heavy atom. The molecule has 0 aliphatic heterocycles. The van der Waals surface area contributed by atoms with Crippen molar-refractivity contribution in [3.8, 4) is 22.7 Å². The summed E-state index contributed by atoms with van der Waals surface area (Å²) in [5.74, 6) is 1.14. The van der Waals surface area contributed by atoms with Gasteiger partial charge >= 0.3 is 0 Å². The van der Waals surface area contributed by atoms with Gasteiger partial charge in [0.15, 0.2) is 5.65 Å². The summed E-state index contributed by atoms with van der Waals surface area (Å²) in [6.07, 6.45) is 0.806. The van der Waals surface area contributed by atoms with Crippen molar-refractivity contribution >= 4 is 22.8 Å². The fourth-order valence-corrected chi connectivity index (χ4v) is 3.82. The summed E-state index contributed by atoms with van der Waals surface area (Å²) in [6.45, 7) is 0.632. The number of nitrogens with one attached hydrogen (secondary N) is 1. The van der Waals surface area contributed by atoms with Gasteiger partial charge in [-0.2, -0.15) is 4.98 Å². The Hall–Kier alpha value is -4.46. The van der Waals surface area contributed by atoms with Crippen LogP contribution in [0.5, 0.6) is 5.75 Å². The zero-order chi connectivity index (χ0) is 23.5. The second-order valence-corrected chi connectivity index (χ2v) is 7.76. The average molecular weight is 455 g/mol. The Morgan fingerprint density at radius 3 is 2.50 bits per heavy atom. The Labute approximate surface area is 196 Å². The van der Waals surface area contributed by atoms with Gasteiger partial charge in [0.25, 0.3) is 0 Å². The number of fused-ring (bicyclic) bond motifs is 1. The summed E-state index contributed by atoms with van der Waals surface area (Å²) < 4.78 is 20.9. The largest absolute Gasteiger partial charge is 0.497 e. The molecule has 3 N–H and O–H groups in total. The number of halogens is 1. The molecule has 5 rings (SSSR count). The summed E-state index contributed by atoms with van der Waals surface area (Å²) in [5, 5.41) is 8.48. The summed E-state index contributed by atoms with van der Waals surface area (Å²) in [6, 6.07) is 23.8. The first-order chi connectivity index (χ1) is 16.6. The number of ether oxygens (including phenoxy) is 1. The number of hydrogen-bond acceptors (Lipinski definition) is 6. The van der Waals surface area contributed by atoms with Gasteiger partial charge in [0, 0.05) is 12.1 Å². The van der Waals surface area contributed by atoms with Crippen LogP contribution in [0.1, 0.15) is 5.56 Å². The lowest BCUT2D eigenvalue weighted by atomic mass is 10.1. The molecule has 170 valence electrons. The minimum absolute atomic E-state index is 0.357. The highest BCUT2D eigenvalue weighted by atomic mass is 19.1. The maximum atomic E-state index is 14.1. The third-order valence-corrected chi connectivity index (χ3v) is 5.52. The van der Waals surface area contributed by atoms with Gasteiger partial charge in [0.2, 0.25) is 5.95 Å². The van der Waals surface area contributed by atoms with Gasteiger partial charge in [-0.1, -0.05) is 42.5 Å². The van der Waals surface area contributed by atoms with Crippen molar-refractivity contribution in [1.82, 2.24) is 19.7 Å². The zero-order valence-corrected chi connectivity index (χ0v) is 18.6. The van der Waals surface area contributed by atoms with Gasteiger partial charge in [0.1, 0.15) is 17.4 Å². The van der Waals surface area contributed by atoms with Crippen molar-refractivity contribution < 1.29 is 9.13 Å². The summed E-state index contributed by atoms with van der Waals surface area (Å²) in [7, 11) is 1.61. The monoisotopic (exact) mass is 454 g/mol. The predicted octanol–water partition coefficient (Wildman–Crippen LogP) is 4.87. The molecule has 0 spiro atoms. The van der Waals surface area contributed by atoms with Crippen LogP contribution in [0.15, 0.2) is 78.9 Å². The first-order valence-corrected chi connectivity index (χ1v) is 10.9. The molecule has 0 aliphatic rings. The fourth-order valence-electron chi connectivity index (χ4n) is 3.82. The highest BCUT2D eigenvalue weighted by molar-refractivity contribution is 5.99. The van der Waals surface area contributed by atoms with Crippen LogP contribution in [0.2, 0.25) is 0 Å². The van der Waals surface area contributed by atoms with Gasteiger partial charge in [-0.25, -0.2) is 14.1 Å². The van der Waals surface area contributed by atoms with E-state index in [4.69, 9.17) is 15.5 Å². The second-order valence-electron chi connectivity index (χ2n) is 7.76. The van der Waals surface area contributed by atoms with Crippen LogP contribution in [-0.4, -0.2) is 33.4 Å². The molecule has 8 heteroatoms. The lowest BCUT2D eigenvalue weighted by Crippen LogP contribution is -2.08. The van der Waals surface area contributed by atoms with E-state index >= 15 is 0 Å². The lowest BCUT2D eigenvalue weighted by Gasteiger charge is -2.09. The Balaban J connectivity index is 1.57. The minimum Gasteiger partial charge on any atom is -0.497 e. The highest BCUT2D eigenvalue weighted by Gasteiger charge is 2.19. The number of nitrogens with zero attached hydrogens (tertiary/aromatic N) is 4. The molecule has 0 radical (unpaired) electrons. The molecule has 0 saturated carbocycles. The topological polar surface area (TPSA) is 90.9 Å². The van der Waals surface area contributed by atoms with Crippen LogP contribution in [0.3, 0.4) is 0 Å². The number of rotatable bonds is 7. The normalized spacial score (nSPS) is 11.0. The van der Waals surface area contributed by atoms with E-state index in [-0.39, 0.29) is 5.82 Å². The van der Waals surface area contributed by atoms with Crippen molar-refractivity contribution in [2.24, 2.45) is 0 Å². The fraction of sp³-hybridized carbons (Fsp3) is 0.115. The number of hydrogen-bond donors (Lipinski definition) is 2. The molecular formula is C26H23FN6O. The van der Waals surface area contributed by atoms with E-state index in [0.29, 0.717) is 40.6 Å². The minimum atomic E-state index is -0.357. The van der Waals surface area contributed by atoms with Crippen molar-refractivity contribution in [3.05, 3.63) is 90.2 Å². The molecule has 0 saturated heterocycles. The predicted molar refractivity (Wildman–Crippen MR) is 132 cm³/mol. The van der Waals surface area contributed by atoms with Crippen LogP contribution in [-0.2, 0) is 6.42 Å². The standard InChI is InChI=1S/C26H23FN6O/c1-34-21-12-10-20(11-13-21)33-24(28)22-23(18-8-5-9-19(27)16-18)30-26(31-25(22)32-33)29-15-14-17-6-3-2-4-7-17/h2-13,16H,14-15,28H2,1H3,(H,29,31,32). The summed E-state index contributed by atoms with van der Waals surface area (Å²) >= 11 is 0. The molecular weight excluding hydrogens is 431 g/mol. The van der Waals surface area contributed by atoms with E-state index in [0.717, 1.165) is 17.9 Å². The van der Waals surface area contributed by atoms with Crippen molar-refractivity contribution in [3.63, 3.8) is 0 Å². The molecule has 0 aliphatic carbocycles. The number of benzene rings is 3. The highest BCUT2D eigenvalue weighted by Crippen LogP contribution is 2.33. The number of nitrogens with two attached hydrogens (primary N) is 1. The molecule has 0 amide bonds. The van der Waals surface area contributed by atoms with Crippen LogP contribution in [0.4, 0.5) is 16.2 Å². The van der Waals surface area contributed by atoms with Gasteiger partial charge in [-0.3, -0.25) is 0 Å². The van der Waals surface area contributed by atoms with E-state index < -0.39 is 0 Å². The zero-order valence-electron chi connectivity index (χ0n) is 18.6. The van der Waals surface area contributed by atoms with Gasteiger partial charge in [-0.15, -0.1) is 5.10 Å². The molecule has 0 unspecified atom stereocenters. The van der Waals surface area contributed by atoms with E-state index in [1.165, 1.54) is 17.7 Å². The van der Waals surface area contributed by atoms with Gasteiger partial charge in [0.05, 0.1) is 23.9 Å². The Bertz CT molecular complexity index is 1430. The third-order valence-electron chi connectivity index (χ3n) is 5.52. The van der Waals surface area contributed by atoms with Crippen LogP contribution < -0.4 is 15.8 Å². The Kier molecular flexibility index (Phi) is 5.78. The maximum Gasteiger partial charge on any atom is 0.225 e. The number of anilines is 2. The number of methoxy groups -OCH3 is 1. The van der Waals surface area contributed by atoms with Gasteiger partial charge < -0.3 is 15.8 Å². The molecule has 2 heterocycles. The van der Waals surface area contributed by atoms with Crippen molar-refractivity contribution in [2.45, 2.75) is 6.42 Å². The molecule has 2 aromatic heterocycles. The molecule has 7 nitrogen and oxygen atoms in total. The number of nitrogen functional groups attached to an aromatic ring is 1. The van der Waals surface area contributed by atoms with E-state index in [9.17, 15) is 4.39 Å². The first-order valence-electron chi connectivity index (χ1n) is 10.9. The van der Waals surface area contributed by atoms with Crippen molar-refractivity contribution in [2.75, 3.05) is 24.7 Å². The van der Waals surface area contributed by atoms with Crippen LogP contribution in [0, 0.1) is 5.82 Å². The molecule has 5 aromatic rings. The molecule has 34 heavy (non-hydrogen) atoms. The molecule has 0 atom stereocenters. The smallest absolute Gasteiger partial charge is 0.225 e. The summed E-state index contributed by atoms with van der Waals surface area (Å²) in [5.41, 5.74) is 10.0. The summed E-state index contributed by atoms with van der Waals surface area (Å²) in [4.78, 5) is 9.30. The van der Waals surface area contributed by atoms with E-state index in [1.54, 1.807) is 23.9 Å². The third kappa shape index (κ3) is 4.25. The van der Waals surface area contributed by atoms with Gasteiger partial charge in [-0.05, 0) is 48.4 Å². The molecule has 3 aromatic carbocycles. The maximum absolute atomic E-state index is 14.1. The van der Waals surface area contributed by atoms with E-state index in [1.807, 2.05) is 42.5 Å². The van der Waals surface area contributed by atoms with Crippen LogP contribution in [0.25, 0.3) is 28.0 Å². The van der Waals surface area contributed by atoms with Crippen LogP contribution >= 0.6 is 0 Å².